The first-order valence-corrected chi connectivity index (χ1v) is 6.94. The van der Waals surface area contributed by atoms with E-state index in [2.05, 4.69) is 14.9 Å². The van der Waals surface area contributed by atoms with Crippen LogP contribution in [0.5, 0.6) is 0 Å². The molecule has 2 aromatic heterocycles. The molecule has 8 heteroatoms. The highest BCUT2D eigenvalue weighted by molar-refractivity contribution is 7.21. The van der Waals surface area contributed by atoms with E-state index in [0.29, 0.717) is 23.6 Å². The highest BCUT2D eigenvalue weighted by Crippen LogP contribution is 2.33. The van der Waals surface area contributed by atoms with Gasteiger partial charge in [0.1, 0.15) is 0 Å². The highest BCUT2D eigenvalue weighted by Gasteiger charge is 2.20. The lowest BCUT2D eigenvalue weighted by atomic mass is 10.3. The maximum absolute atomic E-state index is 11.3. The van der Waals surface area contributed by atoms with Gasteiger partial charge in [-0.2, -0.15) is 4.98 Å². The predicted octanol–water partition coefficient (Wildman–Crippen LogP) is 1.28. The monoisotopic (exact) mass is 298 g/mol. The van der Waals surface area contributed by atoms with Gasteiger partial charge in [-0.1, -0.05) is 0 Å². The summed E-state index contributed by atoms with van der Waals surface area (Å²) in [6, 6.07) is 1.65. The van der Waals surface area contributed by atoms with Crippen molar-refractivity contribution >= 4 is 44.9 Å². The second kappa shape index (κ2) is 4.92. The Kier molecular flexibility index (Phi) is 3.26. The Morgan fingerprint density at radius 2 is 2.16 bits per heavy atom. The number of anilines is 1. The van der Waals surface area contributed by atoms with Gasteiger partial charge >= 0.3 is 0 Å². The Morgan fingerprint density at radius 1 is 1.42 bits per heavy atom. The molecular weight excluding hydrogens is 288 g/mol. The molecule has 0 atom stereocenters. The lowest BCUT2D eigenvalue weighted by molar-refractivity contribution is 0.100. The Hall–Kier alpha value is -1.44. The maximum Gasteiger partial charge on any atom is 0.258 e. The molecule has 1 saturated heterocycles. The minimum Gasteiger partial charge on any atom is -0.378 e. The van der Waals surface area contributed by atoms with E-state index in [4.69, 9.17) is 22.1 Å². The molecule has 0 unspecified atom stereocenters. The van der Waals surface area contributed by atoms with Crippen molar-refractivity contribution < 1.29 is 9.53 Å². The standard InChI is InChI=1S/C11H11ClN4O2S/c12-11-14-6-5-7(9(13)17)19-8(6)10(15-11)16-1-3-18-4-2-16/h5H,1-4H2,(H2,13,17). The summed E-state index contributed by atoms with van der Waals surface area (Å²) in [5.74, 6) is 0.280. The molecule has 3 rings (SSSR count). The van der Waals surface area contributed by atoms with Gasteiger partial charge in [0.2, 0.25) is 5.28 Å². The van der Waals surface area contributed by atoms with Crippen LogP contribution in [0.1, 0.15) is 9.67 Å². The van der Waals surface area contributed by atoms with Gasteiger partial charge in [-0.15, -0.1) is 11.3 Å². The molecule has 6 nitrogen and oxygen atoms in total. The number of primary amides is 1. The van der Waals surface area contributed by atoms with Crippen molar-refractivity contribution in [2.75, 3.05) is 31.2 Å². The third-order valence-corrected chi connectivity index (χ3v) is 4.18. The highest BCUT2D eigenvalue weighted by atomic mass is 35.5. The second-order valence-corrected chi connectivity index (χ2v) is 5.50. The molecule has 1 aliphatic rings. The minimum absolute atomic E-state index is 0.169. The van der Waals surface area contributed by atoms with Crippen molar-refractivity contribution in [1.82, 2.24) is 9.97 Å². The first-order valence-electron chi connectivity index (χ1n) is 5.75. The third-order valence-electron chi connectivity index (χ3n) is 2.88. The number of fused-ring (bicyclic) bond motifs is 1. The van der Waals surface area contributed by atoms with Crippen LogP contribution in [0.2, 0.25) is 5.28 Å². The Bertz CT molecular complexity index is 639. The van der Waals surface area contributed by atoms with Gasteiger partial charge in [0.05, 0.1) is 28.3 Å². The Labute approximate surface area is 118 Å². The topological polar surface area (TPSA) is 81.3 Å². The van der Waals surface area contributed by atoms with Gasteiger partial charge in [0.15, 0.2) is 5.82 Å². The van der Waals surface area contributed by atoms with Crippen LogP contribution in [0.4, 0.5) is 5.82 Å². The Morgan fingerprint density at radius 3 is 2.84 bits per heavy atom. The number of hydrogen-bond donors (Lipinski definition) is 1. The summed E-state index contributed by atoms with van der Waals surface area (Å²) < 4.78 is 6.15. The number of nitrogens with two attached hydrogens (primary N) is 1. The number of rotatable bonds is 2. The zero-order valence-corrected chi connectivity index (χ0v) is 11.5. The summed E-state index contributed by atoms with van der Waals surface area (Å²) >= 11 is 7.23. The van der Waals surface area contributed by atoms with E-state index in [9.17, 15) is 4.79 Å². The van der Waals surface area contributed by atoms with Gasteiger partial charge in [0, 0.05) is 13.1 Å². The van der Waals surface area contributed by atoms with Crippen LogP contribution >= 0.6 is 22.9 Å². The fraction of sp³-hybridized carbons (Fsp3) is 0.364. The summed E-state index contributed by atoms with van der Waals surface area (Å²) in [5, 5.41) is 0.169. The van der Waals surface area contributed by atoms with Gasteiger partial charge in [-0.05, 0) is 17.7 Å². The van der Waals surface area contributed by atoms with E-state index in [1.54, 1.807) is 6.07 Å². The maximum atomic E-state index is 11.3. The van der Waals surface area contributed by atoms with Gasteiger partial charge in [-0.3, -0.25) is 4.79 Å². The molecule has 1 aliphatic heterocycles. The van der Waals surface area contributed by atoms with E-state index < -0.39 is 5.91 Å². The molecule has 100 valence electrons. The molecule has 0 bridgehead atoms. The number of nitrogens with zero attached hydrogens (tertiary/aromatic N) is 3. The van der Waals surface area contributed by atoms with Crippen molar-refractivity contribution in [2.24, 2.45) is 5.73 Å². The molecule has 3 heterocycles. The van der Waals surface area contributed by atoms with Crippen molar-refractivity contribution in [3.05, 3.63) is 16.2 Å². The fourth-order valence-corrected chi connectivity index (χ4v) is 3.14. The summed E-state index contributed by atoms with van der Waals surface area (Å²) in [7, 11) is 0. The van der Waals surface area contributed by atoms with E-state index in [1.165, 1.54) is 11.3 Å². The average molecular weight is 299 g/mol. The molecule has 0 saturated carbocycles. The van der Waals surface area contributed by atoms with Crippen molar-refractivity contribution in [3.8, 4) is 0 Å². The molecule has 19 heavy (non-hydrogen) atoms. The quantitative estimate of drug-likeness (QED) is 0.845. The van der Waals surface area contributed by atoms with Crippen LogP contribution < -0.4 is 10.6 Å². The summed E-state index contributed by atoms with van der Waals surface area (Å²) in [6.07, 6.45) is 0. The van der Waals surface area contributed by atoms with Crippen LogP contribution in [-0.2, 0) is 4.74 Å². The number of thiophene rings is 1. The summed E-state index contributed by atoms with van der Waals surface area (Å²) in [5.41, 5.74) is 5.95. The number of ether oxygens (including phenoxy) is 1. The Balaban J connectivity index is 2.13. The first-order chi connectivity index (χ1) is 9.15. The number of morpholine rings is 1. The number of halogens is 1. The van der Waals surface area contributed by atoms with Gasteiger partial charge in [0.25, 0.3) is 5.91 Å². The molecule has 1 fully saturated rings. The van der Waals surface area contributed by atoms with Crippen LogP contribution in [0, 0.1) is 0 Å². The molecule has 0 spiro atoms. The number of aromatic nitrogens is 2. The van der Waals surface area contributed by atoms with E-state index in [-0.39, 0.29) is 5.28 Å². The number of carbonyl (C=O) groups excluding carboxylic acids is 1. The smallest absolute Gasteiger partial charge is 0.258 e. The molecule has 0 aliphatic carbocycles. The second-order valence-electron chi connectivity index (χ2n) is 4.10. The first kappa shape index (κ1) is 12.6. The van der Waals surface area contributed by atoms with Crippen LogP contribution in [0.15, 0.2) is 6.07 Å². The molecule has 2 N–H and O–H groups in total. The number of hydrogen-bond acceptors (Lipinski definition) is 6. The van der Waals surface area contributed by atoms with Crippen LogP contribution in [0.25, 0.3) is 10.2 Å². The normalized spacial score (nSPS) is 15.9. The van der Waals surface area contributed by atoms with Gasteiger partial charge in [-0.25, -0.2) is 4.98 Å². The van der Waals surface area contributed by atoms with Crippen LogP contribution in [-0.4, -0.2) is 42.2 Å². The van der Waals surface area contributed by atoms with Gasteiger partial charge < -0.3 is 15.4 Å². The van der Waals surface area contributed by atoms with Crippen LogP contribution in [0.3, 0.4) is 0 Å². The molecular formula is C11H11ClN4O2S. The van der Waals surface area contributed by atoms with E-state index in [1.807, 2.05) is 0 Å². The summed E-state index contributed by atoms with van der Waals surface area (Å²) in [4.78, 5) is 22.2. The zero-order valence-electron chi connectivity index (χ0n) is 9.93. The lowest BCUT2D eigenvalue weighted by Gasteiger charge is -2.28. The van der Waals surface area contributed by atoms with Crippen molar-refractivity contribution in [3.63, 3.8) is 0 Å². The van der Waals surface area contributed by atoms with Crippen molar-refractivity contribution in [1.29, 1.82) is 0 Å². The number of amides is 1. The molecule has 0 aromatic carbocycles. The predicted molar refractivity (Wildman–Crippen MR) is 74.0 cm³/mol. The lowest BCUT2D eigenvalue weighted by Crippen LogP contribution is -2.36. The molecule has 1 amide bonds. The van der Waals surface area contributed by atoms with Crippen molar-refractivity contribution in [2.45, 2.75) is 0 Å². The largest absolute Gasteiger partial charge is 0.378 e. The molecule has 0 radical (unpaired) electrons. The summed E-state index contributed by atoms with van der Waals surface area (Å²) in [6.45, 7) is 2.78. The third kappa shape index (κ3) is 2.36. The van der Waals surface area contributed by atoms with E-state index in [0.717, 1.165) is 23.6 Å². The average Bonchev–Trinajstić information content (AvgIpc) is 2.82. The minimum atomic E-state index is -0.466. The van der Waals surface area contributed by atoms with E-state index >= 15 is 0 Å². The zero-order chi connectivity index (χ0) is 13.4. The SMILES string of the molecule is NC(=O)c1cc2nc(Cl)nc(N3CCOCC3)c2s1. The fourth-order valence-electron chi connectivity index (χ4n) is 2.00. The molecule has 2 aromatic rings. The number of carbonyl (C=O) groups is 1.